The Labute approximate surface area is 184 Å². The number of pyridine rings is 1. The van der Waals surface area contributed by atoms with Gasteiger partial charge in [0, 0.05) is 18.7 Å². The summed E-state index contributed by atoms with van der Waals surface area (Å²) in [4.78, 5) is 25.8. The number of hydrogen-bond donors (Lipinski definition) is 2. The number of fused-ring (bicyclic) bond motifs is 2. The van der Waals surface area contributed by atoms with Crippen molar-refractivity contribution >= 4 is 23.0 Å². The first-order chi connectivity index (χ1) is 15.3. The number of hydrogen-bond acceptors (Lipinski definition) is 6. The first-order valence-corrected chi connectivity index (χ1v) is 10.2. The molecule has 12 heteroatoms. The maximum absolute atomic E-state index is 13.6. The van der Waals surface area contributed by atoms with Crippen molar-refractivity contribution in [3.8, 4) is 0 Å². The van der Waals surface area contributed by atoms with E-state index in [9.17, 15) is 18.7 Å². The molecule has 166 valence electrons. The van der Waals surface area contributed by atoms with Crippen LogP contribution in [-0.2, 0) is 6.42 Å². The number of nitrogens with zero attached hydrogens (tertiary/aromatic N) is 5. The topological polar surface area (TPSA) is 113 Å². The van der Waals surface area contributed by atoms with Crippen LogP contribution in [0.2, 0.25) is 5.15 Å². The first-order valence-electron chi connectivity index (χ1n) is 9.79. The molecule has 2 atom stereocenters. The van der Waals surface area contributed by atoms with Gasteiger partial charge in [-0.05, 0) is 25.1 Å². The van der Waals surface area contributed by atoms with E-state index in [-0.39, 0.29) is 12.4 Å². The van der Waals surface area contributed by atoms with Crippen LogP contribution in [0.25, 0.3) is 5.52 Å². The number of aromatic amines is 1. The quantitative estimate of drug-likeness (QED) is 0.449. The van der Waals surface area contributed by atoms with E-state index in [4.69, 9.17) is 16.0 Å². The van der Waals surface area contributed by atoms with E-state index in [1.54, 1.807) is 18.2 Å². The molecule has 0 unspecified atom stereocenters. The van der Waals surface area contributed by atoms with E-state index in [0.29, 0.717) is 28.5 Å². The summed E-state index contributed by atoms with van der Waals surface area (Å²) in [6, 6.07) is 6.25. The van der Waals surface area contributed by atoms with Gasteiger partial charge in [0.1, 0.15) is 17.3 Å². The van der Waals surface area contributed by atoms with Crippen LogP contribution in [0, 0.1) is 0 Å². The standard InChI is InChI=1S/C20H17ClF2N6O3/c1-9(30)19-26-15(18(22)23)17(32-19)20(31)28-6-5-11-14(25-8-24-11)16(28)12-7-10-3-2-4-13(21)29(10)27-12/h2-4,7-9,16,18,30H,5-6H2,1H3,(H,24,25)/t9-,16-/m1/s1. The van der Waals surface area contributed by atoms with Crippen molar-refractivity contribution in [3.63, 3.8) is 0 Å². The Morgan fingerprint density at radius 1 is 1.41 bits per heavy atom. The van der Waals surface area contributed by atoms with Gasteiger partial charge in [0.2, 0.25) is 11.7 Å². The van der Waals surface area contributed by atoms with Gasteiger partial charge >= 0.3 is 0 Å². The minimum atomic E-state index is -3.05. The molecular weight excluding hydrogens is 446 g/mol. The van der Waals surface area contributed by atoms with Crippen LogP contribution in [-0.4, -0.2) is 47.0 Å². The monoisotopic (exact) mass is 462 g/mol. The number of aliphatic hydroxyl groups is 1. The minimum Gasteiger partial charge on any atom is -0.432 e. The Bertz CT molecular complexity index is 1310. The average molecular weight is 463 g/mol. The normalized spacial score (nSPS) is 17.2. The molecule has 1 aliphatic rings. The molecular formula is C20H17ClF2N6O3. The van der Waals surface area contributed by atoms with Crippen LogP contribution >= 0.6 is 11.6 Å². The number of aliphatic hydroxyl groups excluding tert-OH is 1. The number of amides is 1. The summed E-state index contributed by atoms with van der Waals surface area (Å²) in [7, 11) is 0. The fourth-order valence-corrected chi connectivity index (χ4v) is 4.10. The summed E-state index contributed by atoms with van der Waals surface area (Å²) < 4.78 is 34.0. The Morgan fingerprint density at radius 3 is 2.94 bits per heavy atom. The van der Waals surface area contributed by atoms with Crippen LogP contribution in [0.5, 0.6) is 0 Å². The van der Waals surface area contributed by atoms with E-state index in [1.165, 1.54) is 22.7 Å². The van der Waals surface area contributed by atoms with Crippen molar-refractivity contribution in [1.29, 1.82) is 0 Å². The summed E-state index contributed by atoms with van der Waals surface area (Å²) in [5.74, 6) is -1.75. The van der Waals surface area contributed by atoms with Crippen molar-refractivity contribution in [2.24, 2.45) is 0 Å². The van der Waals surface area contributed by atoms with Gasteiger partial charge in [0.05, 0.1) is 23.2 Å². The second kappa shape index (κ2) is 7.68. The number of carbonyl (C=O) groups is 1. The number of H-pyrrole nitrogens is 1. The number of imidazole rings is 1. The van der Waals surface area contributed by atoms with E-state index in [0.717, 1.165) is 5.69 Å². The van der Waals surface area contributed by atoms with Crippen LogP contribution in [0.15, 0.2) is 35.0 Å². The number of rotatable bonds is 4. The Balaban J connectivity index is 1.63. The molecule has 9 nitrogen and oxygen atoms in total. The molecule has 0 saturated heterocycles. The van der Waals surface area contributed by atoms with Crippen molar-refractivity contribution < 1.29 is 23.1 Å². The molecule has 4 aromatic heterocycles. The zero-order valence-corrected chi connectivity index (χ0v) is 17.4. The van der Waals surface area contributed by atoms with Crippen LogP contribution < -0.4 is 0 Å². The zero-order chi connectivity index (χ0) is 22.6. The lowest BCUT2D eigenvalue weighted by Crippen LogP contribution is -2.41. The number of nitrogens with one attached hydrogen (secondary N) is 1. The highest BCUT2D eigenvalue weighted by Gasteiger charge is 2.40. The van der Waals surface area contributed by atoms with Crippen molar-refractivity contribution in [2.75, 3.05) is 6.54 Å². The van der Waals surface area contributed by atoms with Gasteiger partial charge in [0.25, 0.3) is 12.3 Å². The van der Waals surface area contributed by atoms with Gasteiger partial charge in [-0.3, -0.25) is 4.79 Å². The summed E-state index contributed by atoms with van der Waals surface area (Å²) in [6.45, 7) is 1.52. The second-order valence-electron chi connectivity index (χ2n) is 7.41. The molecule has 5 rings (SSSR count). The van der Waals surface area contributed by atoms with Crippen LogP contribution in [0.4, 0.5) is 8.78 Å². The molecule has 0 aromatic carbocycles. The smallest absolute Gasteiger partial charge is 0.292 e. The molecule has 0 bridgehead atoms. The lowest BCUT2D eigenvalue weighted by molar-refractivity contribution is 0.0631. The SMILES string of the molecule is C[C@@H](O)c1nc(C(F)F)c(C(=O)N2CCc3[nH]cnc3[C@H]2c2cc3cccc(Cl)n3n2)o1. The molecule has 1 amide bonds. The zero-order valence-electron chi connectivity index (χ0n) is 16.7. The Hall–Kier alpha value is -3.31. The van der Waals surface area contributed by atoms with Crippen LogP contribution in [0.3, 0.4) is 0 Å². The average Bonchev–Trinajstić information content (AvgIpc) is 3.49. The van der Waals surface area contributed by atoms with E-state index in [2.05, 4.69) is 20.1 Å². The molecule has 0 spiro atoms. The molecule has 5 heterocycles. The Kier molecular flexibility index (Phi) is 4.94. The largest absolute Gasteiger partial charge is 0.432 e. The third-order valence-corrected chi connectivity index (χ3v) is 5.64. The fourth-order valence-electron chi connectivity index (χ4n) is 3.89. The molecule has 0 aliphatic carbocycles. The number of halogens is 3. The van der Waals surface area contributed by atoms with Gasteiger partial charge < -0.3 is 19.4 Å². The van der Waals surface area contributed by atoms with Crippen molar-refractivity contribution in [1.82, 2.24) is 29.5 Å². The summed E-state index contributed by atoms with van der Waals surface area (Å²) in [5.41, 5.74) is 1.73. The summed E-state index contributed by atoms with van der Waals surface area (Å²) in [5, 5.41) is 14.6. The lowest BCUT2D eigenvalue weighted by Gasteiger charge is -2.33. The van der Waals surface area contributed by atoms with Crippen molar-refractivity contribution in [2.45, 2.75) is 31.9 Å². The maximum atomic E-state index is 13.6. The molecule has 0 radical (unpaired) electrons. The van der Waals surface area contributed by atoms with E-state index in [1.807, 2.05) is 6.07 Å². The highest BCUT2D eigenvalue weighted by molar-refractivity contribution is 6.29. The number of aromatic nitrogens is 5. The van der Waals surface area contributed by atoms with E-state index < -0.39 is 35.9 Å². The Morgan fingerprint density at radius 2 is 2.22 bits per heavy atom. The van der Waals surface area contributed by atoms with Gasteiger partial charge in [-0.25, -0.2) is 23.3 Å². The predicted octanol–water partition coefficient (Wildman–Crippen LogP) is 3.48. The van der Waals surface area contributed by atoms with Gasteiger partial charge in [0.15, 0.2) is 5.69 Å². The molecule has 4 aromatic rings. The second-order valence-corrected chi connectivity index (χ2v) is 7.80. The number of oxazole rings is 1. The number of alkyl halides is 2. The summed E-state index contributed by atoms with van der Waals surface area (Å²) >= 11 is 6.24. The summed E-state index contributed by atoms with van der Waals surface area (Å²) in [6.07, 6.45) is -2.35. The fraction of sp³-hybridized carbons (Fsp3) is 0.300. The van der Waals surface area contributed by atoms with Crippen molar-refractivity contribution in [3.05, 3.63) is 70.2 Å². The molecule has 1 aliphatic heterocycles. The molecule has 0 saturated carbocycles. The van der Waals surface area contributed by atoms with Gasteiger partial charge in [-0.15, -0.1) is 0 Å². The van der Waals surface area contributed by atoms with Gasteiger partial charge in [-0.1, -0.05) is 17.7 Å². The minimum absolute atomic E-state index is 0.202. The highest BCUT2D eigenvalue weighted by Crippen LogP contribution is 2.36. The molecule has 0 fully saturated rings. The third-order valence-electron chi connectivity index (χ3n) is 5.35. The molecule has 2 N–H and O–H groups in total. The third kappa shape index (κ3) is 3.24. The predicted molar refractivity (Wildman–Crippen MR) is 107 cm³/mol. The van der Waals surface area contributed by atoms with Crippen LogP contribution in [0.1, 0.15) is 64.7 Å². The van der Waals surface area contributed by atoms with Gasteiger partial charge in [-0.2, -0.15) is 5.10 Å². The maximum Gasteiger partial charge on any atom is 0.292 e. The first kappa shape index (κ1) is 20.6. The van der Waals surface area contributed by atoms with E-state index >= 15 is 0 Å². The lowest BCUT2D eigenvalue weighted by atomic mass is 9.99. The number of carbonyl (C=O) groups excluding carboxylic acids is 1. The molecule has 32 heavy (non-hydrogen) atoms. The highest BCUT2D eigenvalue weighted by atomic mass is 35.5.